The van der Waals surface area contributed by atoms with Gasteiger partial charge in [-0.05, 0) is 13.3 Å². The summed E-state index contributed by atoms with van der Waals surface area (Å²) in [4.78, 5) is 8.61. The molecule has 0 aromatic heterocycles. The Morgan fingerprint density at radius 1 is 1.13 bits per heavy atom. The summed E-state index contributed by atoms with van der Waals surface area (Å²) in [6.45, 7) is 7.00. The van der Waals surface area contributed by atoms with Crippen LogP contribution in [0.1, 0.15) is 20.3 Å². The van der Waals surface area contributed by atoms with Crippen LogP contribution >= 0.6 is 0 Å². The number of hydrogen-bond acceptors (Lipinski definition) is 5. The maximum absolute atomic E-state index is 8.66. The van der Waals surface area contributed by atoms with E-state index in [1.807, 2.05) is 13.8 Å². The lowest BCUT2D eigenvalue weighted by molar-refractivity contribution is -0.244. The van der Waals surface area contributed by atoms with E-state index in [0.29, 0.717) is 13.0 Å². The first-order valence-electron chi connectivity index (χ1n) is 4.88. The van der Waals surface area contributed by atoms with Gasteiger partial charge in [0.2, 0.25) is 0 Å². The molecule has 0 saturated carbocycles. The van der Waals surface area contributed by atoms with Crippen molar-refractivity contribution in [1.82, 2.24) is 0 Å². The highest BCUT2D eigenvalue weighted by Gasteiger charge is 2.24. The van der Waals surface area contributed by atoms with Crippen LogP contribution in [0.25, 0.3) is 0 Å². The minimum absolute atomic E-state index is 0.156. The van der Waals surface area contributed by atoms with Gasteiger partial charge in [0, 0.05) is 5.41 Å². The number of hydrogen-bond donors (Lipinski definition) is 3. The van der Waals surface area contributed by atoms with Crippen molar-refractivity contribution in [3.63, 3.8) is 0 Å². The smallest absolute Gasteiger partial charge is 0.122 e. The molecule has 3 N–H and O–H groups in total. The highest BCUT2D eigenvalue weighted by atomic mass is 17.2. The molecule has 0 saturated heterocycles. The molecule has 0 bridgehead atoms. The van der Waals surface area contributed by atoms with Gasteiger partial charge in [-0.2, -0.15) is 4.89 Å². The van der Waals surface area contributed by atoms with Gasteiger partial charge in [0.05, 0.1) is 26.4 Å². The Hall–Kier alpha value is -0.620. The summed E-state index contributed by atoms with van der Waals surface area (Å²) in [5, 5.41) is 26.0. The quantitative estimate of drug-likeness (QED) is 0.252. The van der Waals surface area contributed by atoms with Gasteiger partial charge in [0.15, 0.2) is 0 Å². The lowest BCUT2D eigenvalue weighted by atomic mass is 9.88. The van der Waals surface area contributed by atoms with Gasteiger partial charge in [-0.15, -0.1) is 0 Å². The molecule has 0 fully saturated rings. The largest absolute Gasteiger partial charge is 0.396 e. The third-order valence-corrected chi connectivity index (χ3v) is 2.01. The van der Waals surface area contributed by atoms with E-state index in [4.69, 9.17) is 15.3 Å². The summed E-state index contributed by atoms with van der Waals surface area (Å²) >= 11 is 0. The second kappa shape index (κ2) is 11.5. The minimum atomic E-state index is -0.667. The second-order valence-electron chi connectivity index (χ2n) is 3.00. The Morgan fingerprint density at radius 2 is 1.60 bits per heavy atom. The average molecular weight is 222 g/mol. The Kier molecular flexibility index (Phi) is 12.8. The summed E-state index contributed by atoms with van der Waals surface area (Å²) in [5.74, 6) is 0. The van der Waals surface area contributed by atoms with E-state index in [1.54, 1.807) is 0 Å². The van der Waals surface area contributed by atoms with Gasteiger partial charge < -0.3 is 20.2 Å². The van der Waals surface area contributed by atoms with Crippen LogP contribution in [0.4, 0.5) is 0 Å². The van der Waals surface area contributed by atoms with Crippen molar-refractivity contribution in [3.8, 4) is 0 Å². The molecule has 5 heteroatoms. The highest BCUT2D eigenvalue weighted by Crippen LogP contribution is 2.18. The van der Waals surface area contributed by atoms with E-state index in [0.717, 1.165) is 0 Å². The molecule has 0 aromatic rings. The molecule has 5 nitrogen and oxygen atoms in total. The molecule has 0 spiro atoms. The maximum Gasteiger partial charge on any atom is 0.122 e. The van der Waals surface area contributed by atoms with Crippen molar-refractivity contribution < 1.29 is 25.1 Å². The number of rotatable bonds is 7. The van der Waals surface area contributed by atoms with Crippen LogP contribution in [-0.4, -0.2) is 41.7 Å². The summed E-state index contributed by atoms with van der Waals surface area (Å²) < 4.78 is 0. The van der Waals surface area contributed by atoms with E-state index in [1.165, 1.54) is 6.26 Å². The molecule has 0 aromatic carbocycles. The van der Waals surface area contributed by atoms with Gasteiger partial charge in [-0.3, -0.25) is 0 Å². The summed E-state index contributed by atoms with van der Waals surface area (Å²) in [6, 6.07) is 0. The maximum atomic E-state index is 8.66. The van der Waals surface area contributed by atoms with Crippen molar-refractivity contribution in [2.45, 2.75) is 20.3 Å². The average Bonchev–Trinajstić information content (AvgIpc) is 2.31. The fraction of sp³-hybridized carbons (Fsp3) is 0.800. The van der Waals surface area contributed by atoms with Crippen molar-refractivity contribution in [3.05, 3.63) is 12.8 Å². The fourth-order valence-electron chi connectivity index (χ4n) is 0.602. The topological polar surface area (TPSA) is 79.2 Å². The highest BCUT2D eigenvalue weighted by molar-refractivity contribution is 4.74. The van der Waals surface area contributed by atoms with Crippen molar-refractivity contribution in [1.29, 1.82) is 0 Å². The number of aliphatic hydroxyl groups excluding tert-OH is 3. The van der Waals surface area contributed by atoms with Crippen LogP contribution in [0.2, 0.25) is 0 Å². The first-order chi connectivity index (χ1) is 7.16. The molecule has 0 amide bonds. The van der Waals surface area contributed by atoms with Crippen LogP contribution in [0.5, 0.6) is 0 Å². The van der Waals surface area contributed by atoms with Crippen molar-refractivity contribution in [2.24, 2.45) is 5.41 Å². The molecule has 92 valence electrons. The van der Waals surface area contributed by atoms with Crippen LogP contribution in [0.3, 0.4) is 0 Å². The van der Waals surface area contributed by atoms with Crippen molar-refractivity contribution >= 4 is 0 Å². The third-order valence-electron chi connectivity index (χ3n) is 2.01. The van der Waals surface area contributed by atoms with Gasteiger partial charge in [0.1, 0.15) is 6.26 Å². The van der Waals surface area contributed by atoms with Crippen molar-refractivity contribution in [2.75, 3.05) is 26.4 Å². The van der Waals surface area contributed by atoms with Crippen LogP contribution in [-0.2, 0) is 9.78 Å². The number of aliphatic hydroxyl groups is 3. The molecule has 0 unspecified atom stereocenters. The summed E-state index contributed by atoms with van der Waals surface area (Å²) in [5.41, 5.74) is -0.667. The van der Waals surface area contributed by atoms with E-state index in [2.05, 4.69) is 16.4 Å². The zero-order chi connectivity index (χ0) is 12.2. The minimum Gasteiger partial charge on any atom is -0.396 e. The monoisotopic (exact) mass is 222 g/mol. The van der Waals surface area contributed by atoms with Gasteiger partial charge in [0.25, 0.3) is 0 Å². The van der Waals surface area contributed by atoms with Gasteiger partial charge in [-0.25, -0.2) is 0 Å². The van der Waals surface area contributed by atoms with E-state index in [9.17, 15) is 0 Å². The standard InChI is InChI=1S/C6H14O3.C4H8O2/c1-2-6(3-7,4-8)5-9;1-3-5-6-4-2/h7-9H,2-5H2,1H3;3H,1,4H2,2H3. The van der Waals surface area contributed by atoms with E-state index in [-0.39, 0.29) is 19.8 Å². The molecule has 0 aliphatic heterocycles. The third kappa shape index (κ3) is 8.38. The van der Waals surface area contributed by atoms with E-state index >= 15 is 0 Å². The molecule has 0 atom stereocenters. The lowest BCUT2D eigenvalue weighted by Crippen LogP contribution is -2.32. The summed E-state index contributed by atoms with van der Waals surface area (Å²) in [7, 11) is 0. The van der Waals surface area contributed by atoms with Crippen LogP contribution in [0.15, 0.2) is 12.8 Å². The molecule has 0 aliphatic carbocycles. The Balaban J connectivity index is 0. The second-order valence-corrected chi connectivity index (χ2v) is 3.00. The molecular weight excluding hydrogens is 200 g/mol. The zero-order valence-electron chi connectivity index (χ0n) is 9.48. The fourth-order valence-corrected chi connectivity index (χ4v) is 0.602. The summed E-state index contributed by atoms with van der Waals surface area (Å²) in [6.07, 6.45) is 1.83. The predicted molar refractivity (Wildman–Crippen MR) is 56.9 cm³/mol. The first-order valence-corrected chi connectivity index (χ1v) is 4.88. The lowest BCUT2D eigenvalue weighted by Gasteiger charge is -2.24. The Bertz CT molecular complexity index is 116. The molecular formula is C10H22O5. The van der Waals surface area contributed by atoms with E-state index < -0.39 is 5.41 Å². The van der Waals surface area contributed by atoms with Gasteiger partial charge >= 0.3 is 0 Å². The first kappa shape index (κ1) is 16.8. The molecule has 0 heterocycles. The Morgan fingerprint density at radius 3 is 1.67 bits per heavy atom. The Labute approximate surface area is 90.9 Å². The molecule has 0 radical (unpaired) electrons. The van der Waals surface area contributed by atoms with Crippen LogP contribution < -0.4 is 0 Å². The molecule has 15 heavy (non-hydrogen) atoms. The molecule has 0 rings (SSSR count). The SMILES string of the molecule is C=COOCC.CCC(CO)(CO)CO. The van der Waals surface area contributed by atoms with Crippen LogP contribution in [0, 0.1) is 5.41 Å². The normalized spacial score (nSPS) is 10.2. The van der Waals surface area contributed by atoms with Gasteiger partial charge in [-0.1, -0.05) is 13.5 Å². The zero-order valence-corrected chi connectivity index (χ0v) is 9.48. The predicted octanol–water partition coefficient (Wildman–Crippen LogP) is 0.458. The molecule has 0 aliphatic rings.